The maximum atomic E-state index is 12.0. The van der Waals surface area contributed by atoms with Crippen molar-refractivity contribution in [3.63, 3.8) is 0 Å². The van der Waals surface area contributed by atoms with Crippen LogP contribution in [-0.2, 0) is 9.53 Å². The van der Waals surface area contributed by atoms with Crippen molar-refractivity contribution in [2.75, 3.05) is 36.5 Å². The van der Waals surface area contributed by atoms with Crippen LogP contribution in [0.15, 0.2) is 54.6 Å². The van der Waals surface area contributed by atoms with Gasteiger partial charge in [0.2, 0.25) is 5.91 Å². The molecule has 2 aromatic carbocycles. The van der Waals surface area contributed by atoms with Gasteiger partial charge in [-0.3, -0.25) is 4.79 Å². The van der Waals surface area contributed by atoms with Gasteiger partial charge in [0, 0.05) is 35.6 Å². The van der Waals surface area contributed by atoms with Crippen LogP contribution in [0.4, 0.5) is 11.4 Å². The van der Waals surface area contributed by atoms with Gasteiger partial charge in [-0.2, -0.15) is 0 Å². The number of nitrogens with zero attached hydrogens (tertiary/aromatic N) is 1. The molecule has 0 saturated carbocycles. The molecule has 124 valence electrons. The Morgan fingerprint density at radius 2 is 1.71 bits per heavy atom. The molecule has 1 fully saturated rings. The number of anilines is 2. The molecule has 1 saturated heterocycles. The zero-order valence-electron chi connectivity index (χ0n) is 13.2. The molecule has 0 atom stereocenters. The summed E-state index contributed by atoms with van der Waals surface area (Å²) in [5, 5.41) is 3.54. The summed E-state index contributed by atoms with van der Waals surface area (Å²) in [7, 11) is 0. The van der Waals surface area contributed by atoms with E-state index in [2.05, 4.69) is 10.2 Å². The number of hydrogen-bond donors (Lipinski definition) is 1. The molecule has 4 nitrogen and oxygen atoms in total. The molecule has 0 bridgehead atoms. The summed E-state index contributed by atoms with van der Waals surface area (Å²) in [4.78, 5) is 14.3. The lowest BCUT2D eigenvalue weighted by atomic mass is 10.2. The third-order valence-electron chi connectivity index (χ3n) is 3.81. The molecule has 1 aliphatic heterocycles. The fourth-order valence-corrected chi connectivity index (χ4v) is 2.63. The number of nitrogens with one attached hydrogen (secondary N) is 1. The maximum absolute atomic E-state index is 12.0. The predicted molar refractivity (Wildman–Crippen MR) is 98.6 cm³/mol. The normalized spacial score (nSPS) is 14.8. The Kier molecular flexibility index (Phi) is 5.51. The highest BCUT2D eigenvalue weighted by molar-refractivity contribution is 6.30. The Balaban J connectivity index is 1.57. The van der Waals surface area contributed by atoms with E-state index in [9.17, 15) is 4.79 Å². The lowest BCUT2D eigenvalue weighted by molar-refractivity contribution is -0.111. The highest BCUT2D eigenvalue weighted by atomic mass is 35.5. The number of hydrogen-bond acceptors (Lipinski definition) is 3. The van der Waals surface area contributed by atoms with Gasteiger partial charge < -0.3 is 15.0 Å². The van der Waals surface area contributed by atoms with Gasteiger partial charge >= 0.3 is 0 Å². The van der Waals surface area contributed by atoms with E-state index in [1.165, 1.54) is 6.08 Å². The van der Waals surface area contributed by atoms with E-state index < -0.39 is 0 Å². The van der Waals surface area contributed by atoms with E-state index in [0.29, 0.717) is 5.02 Å². The molecule has 1 N–H and O–H groups in total. The number of ether oxygens (including phenoxy) is 1. The molecule has 0 aromatic heterocycles. The van der Waals surface area contributed by atoms with Crippen LogP contribution >= 0.6 is 11.6 Å². The van der Waals surface area contributed by atoms with Crippen molar-refractivity contribution in [1.82, 2.24) is 0 Å². The fourth-order valence-electron chi connectivity index (χ4n) is 2.51. The molecule has 0 spiro atoms. The molecule has 3 rings (SSSR count). The summed E-state index contributed by atoms with van der Waals surface area (Å²) in [5.41, 5.74) is 2.85. The van der Waals surface area contributed by atoms with E-state index in [4.69, 9.17) is 16.3 Å². The molecule has 1 amide bonds. The van der Waals surface area contributed by atoms with Gasteiger partial charge in [-0.25, -0.2) is 0 Å². The molecule has 0 unspecified atom stereocenters. The fraction of sp³-hybridized carbons (Fsp3) is 0.211. The second kappa shape index (κ2) is 7.99. The van der Waals surface area contributed by atoms with E-state index in [1.807, 2.05) is 36.4 Å². The largest absolute Gasteiger partial charge is 0.378 e. The van der Waals surface area contributed by atoms with Crippen LogP contribution in [0.1, 0.15) is 5.56 Å². The first-order valence-corrected chi connectivity index (χ1v) is 8.26. The van der Waals surface area contributed by atoms with Crippen molar-refractivity contribution in [1.29, 1.82) is 0 Å². The SMILES string of the molecule is O=C(C=Cc1ccc(Cl)cc1)Nc1ccc(N2CCOCC2)cc1. The van der Waals surface area contributed by atoms with Crippen LogP contribution in [0.25, 0.3) is 6.08 Å². The topological polar surface area (TPSA) is 41.6 Å². The summed E-state index contributed by atoms with van der Waals surface area (Å²) >= 11 is 5.84. The lowest BCUT2D eigenvalue weighted by Crippen LogP contribution is -2.36. The van der Waals surface area contributed by atoms with Crippen molar-refractivity contribution < 1.29 is 9.53 Å². The summed E-state index contributed by atoms with van der Waals surface area (Å²) in [6, 6.07) is 15.2. The second-order valence-electron chi connectivity index (χ2n) is 5.52. The first kappa shape index (κ1) is 16.6. The number of carbonyl (C=O) groups excluding carboxylic acids is 1. The molecule has 0 radical (unpaired) electrons. The van der Waals surface area contributed by atoms with Crippen LogP contribution in [-0.4, -0.2) is 32.2 Å². The number of carbonyl (C=O) groups is 1. The third-order valence-corrected chi connectivity index (χ3v) is 4.06. The van der Waals surface area contributed by atoms with Gasteiger partial charge in [0.15, 0.2) is 0 Å². The van der Waals surface area contributed by atoms with Crippen molar-refractivity contribution in [3.8, 4) is 0 Å². The van der Waals surface area contributed by atoms with Crippen LogP contribution in [0.5, 0.6) is 0 Å². The summed E-state index contributed by atoms with van der Waals surface area (Å²) in [6.07, 6.45) is 3.27. The van der Waals surface area contributed by atoms with Gasteiger partial charge in [-0.05, 0) is 48.0 Å². The van der Waals surface area contributed by atoms with Gasteiger partial charge in [0.1, 0.15) is 0 Å². The van der Waals surface area contributed by atoms with Gasteiger partial charge in [0.05, 0.1) is 13.2 Å². The lowest BCUT2D eigenvalue weighted by Gasteiger charge is -2.28. The molecular formula is C19H19ClN2O2. The Bertz CT molecular complexity index is 705. The number of benzene rings is 2. The number of morpholine rings is 1. The van der Waals surface area contributed by atoms with Crippen LogP contribution < -0.4 is 10.2 Å². The summed E-state index contributed by atoms with van der Waals surface area (Å²) < 4.78 is 5.35. The number of rotatable bonds is 4. The Morgan fingerprint density at radius 3 is 2.38 bits per heavy atom. The van der Waals surface area contributed by atoms with Crippen LogP contribution in [0, 0.1) is 0 Å². The first-order chi connectivity index (χ1) is 11.7. The number of halogens is 1. The summed E-state index contributed by atoms with van der Waals surface area (Å²) in [5.74, 6) is -0.163. The average molecular weight is 343 g/mol. The van der Waals surface area contributed by atoms with Crippen LogP contribution in [0.3, 0.4) is 0 Å². The van der Waals surface area contributed by atoms with E-state index in [0.717, 1.165) is 43.2 Å². The van der Waals surface area contributed by atoms with Gasteiger partial charge in [0.25, 0.3) is 0 Å². The van der Waals surface area contributed by atoms with Crippen molar-refractivity contribution in [2.45, 2.75) is 0 Å². The molecule has 1 heterocycles. The van der Waals surface area contributed by atoms with Crippen LogP contribution in [0.2, 0.25) is 5.02 Å². The highest BCUT2D eigenvalue weighted by Crippen LogP contribution is 2.19. The Labute approximate surface area is 146 Å². The van der Waals surface area contributed by atoms with Crippen molar-refractivity contribution >= 4 is 35.0 Å². The standard InChI is InChI=1S/C19H19ClN2O2/c20-16-4-1-15(2-5-16)3-10-19(23)21-17-6-8-18(9-7-17)22-11-13-24-14-12-22/h1-10H,11-14H2,(H,21,23). The molecular weight excluding hydrogens is 324 g/mol. The monoisotopic (exact) mass is 342 g/mol. The van der Waals surface area contributed by atoms with E-state index in [-0.39, 0.29) is 5.91 Å². The zero-order valence-corrected chi connectivity index (χ0v) is 14.0. The Hall–Kier alpha value is -2.30. The average Bonchev–Trinajstić information content (AvgIpc) is 2.63. The Morgan fingerprint density at radius 1 is 1.04 bits per heavy atom. The zero-order chi connectivity index (χ0) is 16.8. The predicted octanol–water partition coefficient (Wildman–Crippen LogP) is 3.83. The highest BCUT2D eigenvalue weighted by Gasteiger charge is 2.10. The minimum atomic E-state index is -0.163. The molecule has 24 heavy (non-hydrogen) atoms. The third kappa shape index (κ3) is 4.60. The van der Waals surface area contributed by atoms with Crippen molar-refractivity contribution in [3.05, 3.63) is 65.2 Å². The van der Waals surface area contributed by atoms with E-state index >= 15 is 0 Å². The van der Waals surface area contributed by atoms with Crippen molar-refractivity contribution in [2.24, 2.45) is 0 Å². The minimum absolute atomic E-state index is 0.163. The molecule has 2 aromatic rings. The van der Waals surface area contributed by atoms with Gasteiger partial charge in [-0.15, -0.1) is 0 Å². The van der Waals surface area contributed by atoms with E-state index in [1.54, 1.807) is 18.2 Å². The quantitative estimate of drug-likeness (QED) is 0.859. The first-order valence-electron chi connectivity index (χ1n) is 7.88. The molecule has 0 aliphatic carbocycles. The van der Waals surface area contributed by atoms with Gasteiger partial charge in [-0.1, -0.05) is 23.7 Å². The number of amides is 1. The second-order valence-corrected chi connectivity index (χ2v) is 5.96. The maximum Gasteiger partial charge on any atom is 0.248 e. The minimum Gasteiger partial charge on any atom is -0.378 e. The molecule has 1 aliphatic rings. The smallest absolute Gasteiger partial charge is 0.248 e. The summed E-state index contributed by atoms with van der Waals surface area (Å²) in [6.45, 7) is 3.31. The molecule has 5 heteroatoms.